The second-order valence-electron chi connectivity index (χ2n) is 8.42. The third-order valence-corrected chi connectivity index (χ3v) is 6.26. The summed E-state index contributed by atoms with van der Waals surface area (Å²) in [5.74, 6) is -0.143. The van der Waals surface area contributed by atoms with Gasteiger partial charge in [-0.3, -0.25) is 9.36 Å². The predicted molar refractivity (Wildman–Crippen MR) is 131 cm³/mol. The average molecular weight is 458 g/mol. The van der Waals surface area contributed by atoms with E-state index in [0.717, 1.165) is 44.8 Å². The van der Waals surface area contributed by atoms with Crippen molar-refractivity contribution in [1.29, 1.82) is 0 Å². The number of hydrogen-bond donors (Lipinski definition) is 2. The molecule has 174 valence electrons. The second-order valence-corrected chi connectivity index (χ2v) is 8.42. The topological polar surface area (TPSA) is 85.6 Å². The number of hydrogen-bond acceptors (Lipinski definition) is 5. The van der Waals surface area contributed by atoms with Gasteiger partial charge >= 0.3 is 12.0 Å². The molecule has 0 saturated carbocycles. The van der Waals surface area contributed by atoms with E-state index in [4.69, 9.17) is 14.6 Å². The number of benzene rings is 3. The maximum atomic E-state index is 11.1. The van der Waals surface area contributed by atoms with Crippen LogP contribution >= 0.6 is 0 Å². The zero-order valence-electron chi connectivity index (χ0n) is 19.2. The minimum atomic E-state index is -0.808. The van der Waals surface area contributed by atoms with Crippen molar-refractivity contribution in [3.05, 3.63) is 77.4 Å². The van der Waals surface area contributed by atoms with Gasteiger partial charge in [-0.2, -0.15) is 4.98 Å². The number of aromatic nitrogens is 2. The zero-order valence-corrected chi connectivity index (χ0v) is 19.2. The van der Waals surface area contributed by atoms with Gasteiger partial charge in [0.15, 0.2) is 0 Å². The molecule has 2 heterocycles. The molecule has 34 heavy (non-hydrogen) atoms. The number of carbonyl (C=O) groups is 1. The van der Waals surface area contributed by atoms with E-state index in [1.807, 2.05) is 49.4 Å². The van der Waals surface area contributed by atoms with Crippen molar-refractivity contribution in [1.82, 2.24) is 9.55 Å². The van der Waals surface area contributed by atoms with E-state index in [-0.39, 0.29) is 12.3 Å². The summed E-state index contributed by atoms with van der Waals surface area (Å²) in [5, 5.41) is 12.6. The Bertz CT molecular complexity index is 1360. The summed E-state index contributed by atoms with van der Waals surface area (Å²) in [7, 11) is 0. The highest BCUT2D eigenvalue weighted by atomic mass is 16.5. The number of ether oxygens (including phenoxy) is 2. The lowest BCUT2D eigenvalue weighted by molar-refractivity contribution is -0.137. The van der Waals surface area contributed by atoms with Crippen LogP contribution in [0.4, 0.5) is 5.69 Å². The molecule has 1 atom stereocenters. The van der Waals surface area contributed by atoms with E-state index in [9.17, 15) is 4.79 Å². The Morgan fingerprint density at radius 1 is 1.21 bits per heavy atom. The molecule has 1 aliphatic heterocycles. The Balaban J connectivity index is 1.40. The zero-order chi connectivity index (χ0) is 23.7. The van der Waals surface area contributed by atoms with E-state index < -0.39 is 5.97 Å². The van der Waals surface area contributed by atoms with Crippen LogP contribution in [-0.2, 0) is 11.3 Å². The lowest BCUT2D eigenvalue weighted by Crippen LogP contribution is -2.07. The van der Waals surface area contributed by atoms with Crippen molar-refractivity contribution in [2.75, 3.05) is 18.5 Å². The SMILES string of the molecule is CCOc1nc2ccccc2n1-c1cccc(CNc2ccc3c(c2)OCC3CC(=O)O)c1C. The highest BCUT2D eigenvalue weighted by Crippen LogP contribution is 2.38. The molecule has 3 aromatic carbocycles. The van der Waals surface area contributed by atoms with Gasteiger partial charge in [0.1, 0.15) is 5.75 Å². The van der Waals surface area contributed by atoms with Gasteiger partial charge in [-0.05, 0) is 49.2 Å². The lowest BCUT2D eigenvalue weighted by atomic mass is 9.98. The summed E-state index contributed by atoms with van der Waals surface area (Å²) in [6, 6.07) is 20.8. The maximum Gasteiger partial charge on any atom is 0.304 e. The normalized spacial score (nSPS) is 14.6. The molecule has 0 radical (unpaired) electrons. The third kappa shape index (κ3) is 4.05. The number of rotatable bonds is 8. The minimum Gasteiger partial charge on any atom is -0.493 e. The molecule has 0 amide bonds. The maximum absolute atomic E-state index is 11.1. The summed E-state index contributed by atoms with van der Waals surface area (Å²) in [6.07, 6.45) is 0.0818. The van der Waals surface area contributed by atoms with E-state index in [1.54, 1.807) is 0 Å². The van der Waals surface area contributed by atoms with Crippen molar-refractivity contribution in [2.45, 2.75) is 32.7 Å². The van der Waals surface area contributed by atoms with Gasteiger partial charge in [0, 0.05) is 29.8 Å². The van der Waals surface area contributed by atoms with Crippen molar-refractivity contribution in [3.8, 4) is 17.4 Å². The molecule has 4 aromatic rings. The number of aliphatic carboxylic acids is 1. The number of para-hydroxylation sites is 2. The average Bonchev–Trinajstić information content (AvgIpc) is 3.39. The number of anilines is 1. The van der Waals surface area contributed by atoms with Crippen LogP contribution in [0.1, 0.15) is 36.0 Å². The fourth-order valence-electron chi connectivity index (χ4n) is 4.53. The second kappa shape index (κ2) is 9.09. The number of carboxylic acids is 1. The summed E-state index contributed by atoms with van der Waals surface area (Å²) in [5.41, 5.74) is 7.12. The highest BCUT2D eigenvalue weighted by molar-refractivity contribution is 5.79. The van der Waals surface area contributed by atoms with Crippen LogP contribution in [0, 0.1) is 6.92 Å². The summed E-state index contributed by atoms with van der Waals surface area (Å²) < 4.78 is 13.7. The van der Waals surface area contributed by atoms with Crippen molar-refractivity contribution in [3.63, 3.8) is 0 Å². The first-order valence-corrected chi connectivity index (χ1v) is 11.5. The minimum absolute atomic E-state index is 0.0818. The first-order chi connectivity index (χ1) is 16.5. The Morgan fingerprint density at radius 3 is 2.88 bits per heavy atom. The first kappa shape index (κ1) is 21.8. The van der Waals surface area contributed by atoms with Gasteiger partial charge in [-0.15, -0.1) is 0 Å². The van der Waals surface area contributed by atoms with Crippen molar-refractivity contribution < 1.29 is 19.4 Å². The highest BCUT2D eigenvalue weighted by Gasteiger charge is 2.26. The van der Waals surface area contributed by atoms with Gasteiger partial charge in [-0.1, -0.05) is 30.3 Å². The van der Waals surface area contributed by atoms with Crippen LogP contribution in [0.2, 0.25) is 0 Å². The van der Waals surface area contributed by atoms with E-state index in [2.05, 4.69) is 40.0 Å². The first-order valence-electron chi connectivity index (χ1n) is 11.5. The molecule has 1 unspecified atom stereocenters. The largest absolute Gasteiger partial charge is 0.493 e. The monoisotopic (exact) mass is 457 g/mol. The molecule has 0 saturated heterocycles. The molecular weight excluding hydrogens is 430 g/mol. The van der Waals surface area contributed by atoms with Gasteiger partial charge in [0.05, 0.1) is 36.4 Å². The molecule has 0 fully saturated rings. The Hall–Kier alpha value is -4.00. The van der Waals surface area contributed by atoms with Gasteiger partial charge < -0.3 is 19.9 Å². The lowest BCUT2D eigenvalue weighted by Gasteiger charge is -2.16. The number of nitrogens with zero attached hydrogens (tertiary/aromatic N) is 2. The standard InChI is InChI=1S/C27H27N3O4/c1-3-33-27-29-22-8-4-5-9-24(22)30(27)23-10-6-7-18(17(23)2)15-28-20-11-12-21-19(13-26(31)32)16-34-25(21)14-20/h4-12,14,19,28H,3,13,15-16H2,1-2H3,(H,31,32). The van der Waals surface area contributed by atoms with Crippen LogP contribution in [0.5, 0.6) is 11.8 Å². The van der Waals surface area contributed by atoms with E-state index >= 15 is 0 Å². The van der Waals surface area contributed by atoms with E-state index in [1.165, 1.54) is 0 Å². The predicted octanol–water partition coefficient (Wildman–Crippen LogP) is 5.30. The molecule has 1 aromatic heterocycles. The van der Waals surface area contributed by atoms with Gasteiger partial charge in [-0.25, -0.2) is 0 Å². The molecule has 5 rings (SSSR count). The quantitative estimate of drug-likeness (QED) is 0.374. The molecule has 7 nitrogen and oxygen atoms in total. The Morgan fingerprint density at radius 2 is 2.06 bits per heavy atom. The molecule has 7 heteroatoms. The molecule has 0 aliphatic carbocycles. The smallest absolute Gasteiger partial charge is 0.304 e. The van der Waals surface area contributed by atoms with Crippen LogP contribution in [0.3, 0.4) is 0 Å². The molecule has 0 spiro atoms. The molecular formula is C27H27N3O4. The molecule has 1 aliphatic rings. The summed E-state index contributed by atoms with van der Waals surface area (Å²) in [4.78, 5) is 15.8. The number of nitrogens with one attached hydrogen (secondary N) is 1. The van der Waals surface area contributed by atoms with Crippen LogP contribution < -0.4 is 14.8 Å². The Kier molecular flexibility index (Phi) is 5.84. The van der Waals surface area contributed by atoms with Crippen LogP contribution in [0.25, 0.3) is 16.7 Å². The summed E-state index contributed by atoms with van der Waals surface area (Å²) in [6.45, 7) is 5.65. The van der Waals surface area contributed by atoms with E-state index in [0.29, 0.717) is 25.8 Å². The van der Waals surface area contributed by atoms with Crippen molar-refractivity contribution >= 4 is 22.7 Å². The fraction of sp³-hybridized carbons (Fsp3) is 0.259. The number of imidazole rings is 1. The van der Waals surface area contributed by atoms with Crippen LogP contribution in [0.15, 0.2) is 60.7 Å². The number of fused-ring (bicyclic) bond motifs is 2. The molecule has 0 bridgehead atoms. The summed E-state index contributed by atoms with van der Waals surface area (Å²) >= 11 is 0. The van der Waals surface area contributed by atoms with Gasteiger partial charge in [0.2, 0.25) is 0 Å². The van der Waals surface area contributed by atoms with Crippen molar-refractivity contribution in [2.24, 2.45) is 0 Å². The van der Waals surface area contributed by atoms with Gasteiger partial charge in [0.25, 0.3) is 0 Å². The fourth-order valence-corrected chi connectivity index (χ4v) is 4.53. The third-order valence-electron chi connectivity index (χ3n) is 6.26. The van der Waals surface area contributed by atoms with Crippen LogP contribution in [-0.4, -0.2) is 33.8 Å². The Labute approximate surface area is 198 Å². The molecule has 2 N–H and O–H groups in total. The number of carboxylic acid groups (broad SMARTS) is 1.